The van der Waals surface area contributed by atoms with Crippen LogP contribution in [0.4, 0.5) is 17.6 Å². The number of benzene rings is 1. The molecule has 1 aromatic heterocycles. The number of aryl methyl sites for hydroxylation is 1. The third kappa shape index (κ3) is 6.60. The summed E-state index contributed by atoms with van der Waals surface area (Å²) in [4.78, 5) is 34.1. The summed E-state index contributed by atoms with van der Waals surface area (Å²) in [6.07, 6.45) is -1.10. The highest BCUT2D eigenvalue weighted by atomic mass is 19.4. The number of nitrogens with zero attached hydrogens (tertiary/aromatic N) is 4. The van der Waals surface area contributed by atoms with Crippen LogP contribution < -0.4 is 4.74 Å². The number of alkyl halides is 3. The lowest BCUT2D eigenvalue weighted by molar-refractivity contribution is -0.192. The lowest BCUT2D eigenvalue weighted by atomic mass is 10.1. The molecule has 0 spiro atoms. The average molecular weight is 470 g/mol. The molecule has 8 nitrogen and oxygen atoms in total. The summed E-state index contributed by atoms with van der Waals surface area (Å²) in [6, 6.07) is 6.48. The summed E-state index contributed by atoms with van der Waals surface area (Å²) in [6.45, 7) is 4.76. The minimum Gasteiger partial charge on any atom is -0.489 e. The Morgan fingerprint density at radius 3 is 2.48 bits per heavy atom. The molecule has 0 unspecified atom stereocenters. The summed E-state index contributed by atoms with van der Waals surface area (Å²) in [5, 5.41) is 7.12. The van der Waals surface area contributed by atoms with E-state index in [2.05, 4.69) is 14.9 Å². The molecule has 2 aromatic rings. The Kier molecular flexibility index (Phi) is 7.46. The van der Waals surface area contributed by atoms with Crippen LogP contribution in [0, 0.1) is 12.7 Å². The van der Waals surface area contributed by atoms with E-state index in [9.17, 15) is 22.4 Å². The van der Waals surface area contributed by atoms with Crippen LogP contribution in [0.3, 0.4) is 0 Å². The van der Waals surface area contributed by atoms with Gasteiger partial charge in [-0.2, -0.15) is 13.2 Å². The van der Waals surface area contributed by atoms with Gasteiger partial charge in [-0.3, -0.25) is 14.7 Å². The summed E-state index contributed by atoms with van der Waals surface area (Å²) in [5.41, 5.74) is 1.18. The lowest BCUT2D eigenvalue weighted by Crippen LogP contribution is -2.52. The number of amides is 1. The number of carbonyl (C=O) groups excluding carboxylic acids is 1. The van der Waals surface area contributed by atoms with E-state index in [0.717, 1.165) is 25.2 Å². The maximum atomic E-state index is 13.3. The van der Waals surface area contributed by atoms with Crippen molar-refractivity contribution < 1.29 is 37.0 Å². The SMILES string of the molecule is Cc1cnc(C(=O)N2CCN3C[C@H](Oc4cccc(F)c4)C[C@H]3C2)cn1.O=C(O)C(F)(F)F. The largest absolute Gasteiger partial charge is 0.490 e. The first-order chi connectivity index (χ1) is 15.5. The van der Waals surface area contributed by atoms with Gasteiger partial charge in [0.15, 0.2) is 0 Å². The maximum absolute atomic E-state index is 13.3. The smallest absolute Gasteiger partial charge is 0.489 e. The molecular weight excluding hydrogens is 448 g/mol. The summed E-state index contributed by atoms with van der Waals surface area (Å²) < 4.78 is 51.0. The van der Waals surface area contributed by atoms with Gasteiger partial charge in [-0.25, -0.2) is 14.2 Å². The number of ether oxygens (including phenoxy) is 1. The highest BCUT2D eigenvalue weighted by Gasteiger charge is 2.39. The first kappa shape index (κ1) is 24.4. The molecule has 1 amide bonds. The van der Waals surface area contributed by atoms with Crippen LogP contribution in [0.1, 0.15) is 22.6 Å². The number of carboxylic acids is 1. The molecule has 2 aliphatic heterocycles. The van der Waals surface area contributed by atoms with E-state index >= 15 is 0 Å². The van der Waals surface area contributed by atoms with Crippen molar-refractivity contribution in [3.63, 3.8) is 0 Å². The van der Waals surface area contributed by atoms with Crippen LogP contribution in [-0.4, -0.2) is 81.3 Å². The fourth-order valence-corrected chi connectivity index (χ4v) is 3.66. The maximum Gasteiger partial charge on any atom is 0.490 e. The number of halogens is 4. The molecule has 4 rings (SSSR count). The second-order valence-electron chi connectivity index (χ2n) is 7.68. The first-order valence-corrected chi connectivity index (χ1v) is 10.1. The molecule has 1 N–H and O–H groups in total. The Morgan fingerprint density at radius 2 is 1.88 bits per heavy atom. The third-order valence-electron chi connectivity index (χ3n) is 5.21. The van der Waals surface area contributed by atoms with E-state index in [1.54, 1.807) is 18.3 Å². The minimum atomic E-state index is -5.08. The third-order valence-corrected chi connectivity index (χ3v) is 5.21. The van der Waals surface area contributed by atoms with Crippen LogP contribution >= 0.6 is 0 Å². The van der Waals surface area contributed by atoms with Gasteiger partial charge >= 0.3 is 12.1 Å². The number of carboxylic acid groups (broad SMARTS) is 1. The molecule has 2 fully saturated rings. The molecule has 2 aliphatic rings. The normalized spacial score (nSPS) is 20.5. The standard InChI is InChI=1S/C19H21FN4O2.C2HF3O2/c1-13-9-22-18(10-21-13)19(25)24-6-5-23-12-17(8-15(23)11-24)26-16-4-2-3-14(20)7-16;3-2(4,5)1(6)7/h2-4,7,9-10,15,17H,5-6,8,11-12H2,1H3;(H,6,7)/t15-,17+;/m0./s1. The highest BCUT2D eigenvalue weighted by Crippen LogP contribution is 2.26. The summed E-state index contributed by atoms with van der Waals surface area (Å²) in [7, 11) is 0. The monoisotopic (exact) mass is 470 g/mol. The zero-order valence-electron chi connectivity index (χ0n) is 17.6. The number of rotatable bonds is 3. The van der Waals surface area contributed by atoms with Gasteiger partial charge in [0.2, 0.25) is 0 Å². The van der Waals surface area contributed by atoms with Crippen LogP contribution in [0.25, 0.3) is 0 Å². The van der Waals surface area contributed by atoms with Crippen LogP contribution in [0.5, 0.6) is 5.75 Å². The van der Waals surface area contributed by atoms with Crippen molar-refractivity contribution in [2.75, 3.05) is 26.2 Å². The van der Waals surface area contributed by atoms with E-state index in [1.165, 1.54) is 18.3 Å². The Morgan fingerprint density at radius 1 is 1.15 bits per heavy atom. The predicted molar refractivity (Wildman–Crippen MR) is 107 cm³/mol. The molecule has 3 heterocycles. The van der Waals surface area contributed by atoms with Crippen molar-refractivity contribution in [3.05, 3.63) is 53.9 Å². The Bertz CT molecular complexity index is 987. The molecule has 33 heavy (non-hydrogen) atoms. The fourth-order valence-electron chi connectivity index (χ4n) is 3.66. The van der Waals surface area contributed by atoms with Gasteiger partial charge in [0.1, 0.15) is 23.4 Å². The molecule has 0 saturated carbocycles. The topological polar surface area (TPSA) is 95.9 Å². The van der Waals surface area contributed by atoms with Crippen molar-refractivity contribution in [1.29, 1.82) is 0 Å². The number of fused-ring (bicyclic) bond motifs is 1. The fraction of sp³-hybridized carbons (Fsp3) is 0.429. The quantitative estimate of drug-likeness (QED) is 0.689. The second kappa shape index (κ2) is 10.1. The molecule has 12 heteroatoms. The number of aliphatic carboxylic acids is 1. The van der Waals surface area contributed by atoms with E-state index in [1.807, 2.05) is 11.8 Å². The number of hydrogen-bond acceptors (Lipinski definition) is 6. The summed E-state index contributed by atoms with van der Waals surface area (Å²) in [5.74, 6) is -2.58. The van der Waals surface area contributed by atoms with E-state index in [4.69, 9.17) is 14.6 Å². The minimum absolute atomic E-state index is 0.0102. The van der Waals surface area contributed by atoms with Crippen molar-refractivity contribution in [2.24, 2.45) is 0 Å². The number of aromatic nitrogens is 2. The van der Waals surface area contributed by atoms with Gasteiger partial charge in [0, 0.05) is 50.9 Å². The van der Waals surface area contributed by atoms with Gasteiger partial charge < -0.3 is 14.7 Å². The first-order valence-electron chi connectivity index (χ1n) is 10.1. The Labute approximate surface area is 186 Å². The Balaban J connectivity index is 0.000000383. The zero-order valence-corrected chi connectivity index (χ0v) is 17.6. The molecule has 0 bridgehead atoms. The van der Waals surface area contributed by atoms with Crippen molar-refractivity contribution in [2.45, 2.75) is 31.7 Å². The molecular formula is C21H22F4N4O4. The van der Waals surface area contributed by atoms with Gasteiger partial charge in [0.25, 0.3) is 5.91 Å². The van der Waals surface area contributed by atoms with E-state index < -0.39 is 12.1 Å². The van der Waals surface area contributed by atoms with Gasteiger partial charge in [-0.15, -0.1) is 0 Å². The van der Waals surface area contributed by atoms with Crippen LogP contribution in [0.2, 0.25) is 0 Å². The molecule has 2 saturated heterocycles. The highest BCUT2D eigenvalue weighted by molar-refractivity contribution is 5.92. The Hall–Kier alpha value is -3.28. The lowest BCUT2D eigenvalue weighted by Gasteiger charge is -2.36. The molecule has 1 aromatic carbocycles. The molecule has 178 valence electrons. The molecule has 0 aliphatic carbocycles. The number of carbonyl (C=O) groups is 2. The average Bonchev–Trinajstić information content (AvgIpc) is 3.15. The molecule has 0 radical (unpaired) electrons. The second-order valence-corrected chi connectivity index (χ2v) is 7.68. The van der Waals surface area contributed by atoms with E-state index in [-0.39, 0.29) is 23.9 Å². The van der Waals surface area contributed by atoms with Gasteiger partial charge in [-0.1, -0.05) is 6.07 Å². The number of piperazine rings is 1. The van der Waals surface area contributed by atoms with Crippen LogP contribution in [0.15, 0.2) is 36.7 Å². The van der Waals surface area contributed by atoms with Crippen LogP contribution in [-0.2, 0) is 4.79 Å². The predicted octanol–water partition coefficient (Wildman–Crippen LogP) is 2.54. The van der Waals surface area contributed by atoms with Gasteiger partial charge in [-0.05, 0) is 19.1 Å². The van der Waals surface area contributed by atoms with Gasteiger partial charge in [0.05, 0.1) is 11.9 Å². The van der Waals surface area contributed by atoms with Crippen molar-refractivity contribution >= 4 is 11.9 Å². The van der Waals surface area contributed by atoms with Crippen molar-refractivity contribution in [1.82, 2.24) is 19.8 Å². The van der Waals surface area contributed by atoms with Crippen molar-refractivity contribution in [3.8, 4) is 5.75 Å². The molecule has 2 atom stereocenters. The van der Waals surface area contributed by atoms with E-state index in [0.29, 0.717) is 24.5 Å². The summed E-state index contributed by atoms with van der Waals surface area (Å²) >= 11 is 0. The zero-order chi connectivity index (χ0) is 24.2. The number of hydrogen-bond donors (Lipinski definition) is 1.